The molecule has 0 bridgehead atoms. The average Bonchev–Trinajstić information content (AvgIpc) is 2.64. The zero-order chi connectivity index (χ0) is 21.8. The lowest BCUT2D eigenvalue weighted by Crippen LogP contribution is -2.45. The predicted octanol–water partition coefficient (Wildman–Crippen LogP) is 3.56. The van der Waals surface area contributed by atoms with Crippen molar-refractivity contribution in [2.75, 3.05) is 26.3 Å². The first-order valence-corrected chi connectivity index (χ1v) is 10.3. The molecule has 0 spiro atoms. The number of nitrogens with one attached hydrogen (secondary N) is 1. The molecule has 1 unspecified atom stereocenters. The van der Waals surface area contributed by atoms with Crippen LogP contribution in [0.4, 0.5) is 4.79 Å². The molecule has 1 atom stereocenters. The van der Waals surface area contributed by atoms with Crippen molar-refractivity contribution in [3.05, 3.63) is 29.8 Å². The van der Waals surface area contributed by atoms with Crippen molar-refractivity contribution in [2.24, 2.45) is 5.92 Å². The van der Waals surface area contributed by atoms with Crippen molar-refractivity contribution in [3.63, 3.8) is 0 Å². The average molecular weight is 409 g/mol. The highest BCUT2D eigenvalue weighted by molar-refractivity contribution is 5.74. The van der Waals surface area contributed by atoms with E-state index in [2.05, 4.69) is 19.2 Å². The van der Waals surface area contributed by atoms with E-state index >= 15 is 0 Å². The van der Waals surface area contributed by atoms with E-state index in [4.69, 9.17) is 9.47 Å². The van der Waals surface area contributed by atoms with E-state index in [0.717, 1.165) is 12.0 Å². The molecule has 1 rings (SSSR count). The molecule has 2 N–H and O–H groups in total. The molecule has 7 heteroatoms. The van der Waals surface area contributed by atoms with Crippen LogP contribution in [0.15, 0.2) is 24.3 Å². The fraction of sp³-hybridized carbons (Fsp3) is 0.636. The lowest BCUT2D eigenvalue weighted by Gasteiger charge is -2.25. The molecule has 0 saturated heterocycles. The molecule has 1 aromatic carbocycles. The van der Waals surface area contributed by atoms with Gasteiger partial charge in [-0.25, -0.2) is 9.59 Å². The molecular weight excluding hydrogens is 372 g/mol. The predicted molar refractivity (Wildman–Crippen MR) is 113 cm³/mol. The van der Waals surface area contributed by atoms with Crippen LogP contribution in [0, 0.1) is 5.92 Å². The first kappa shape index (κ1) is 24.8. The molecule has 0 aliphatic rings. The monoisotopic (exact) mass is 408 g/mol. The van der Waals surface area contributed by atoms with Crippen molar-refractivity contribution in [3.8, 4) is 5.75 Å². The molecule has 0 aromatic heterocycles. The lowest BCUT2D eigenvalue weighted by molar-refractivity contribution is -0.149. The van der Waals surface area contributed by atoms with Gasteiger partial charge in [-0.2, -0.15) is 0 Å². The molecule has 0 heterocycles. The van der Waals surface area contributed by atoms with Crippen molar-refractivity contribution in [1.82, 2.24) is 10.2 Å². The number of benzene rings is 1. The van der Waals surface area contributed by atoms with Gasteiger partial charge in [0.25, 0.3) is 0 Å². The number of aliphatic carboxylic acids is 1. The van der Waals surface area contributed by atoms with E-state index in [1.54, 1.807) is 11.8 Å². The third-order valence-corrected chi connectivity index (χ3v) is 4.29. The number of hydrogen-bond acceptors (Lipinski definition) is 4. The number of urea groups is 1. The van der Waals surface area contributed by atoms with Crippen LogP contribution in [0.1, 0.15) is 46.6 Å². The number of rotatable bonds is 13. The molecule has 1 aromatic rings. The number of carbonyl (C=O) groups excluding carboxylic acids is 1. The maximum absolute atomic E-state index is 12.4. The number of carboxylic acids is 1. The molecule has 164 valence electrons. The van der Waals surface area contributed by atoms with Gasteiger partial charge in [-0.3, -0.25) is 0 Å². The van der Waals surface area contributed by atoms with Crippen molar-refractivity contribution < 1.29 is 24.2 Å². The summed E-state index contributed by atoms with van der Waals surface area (Å²) in [6.45, 7) is 11.9. The Morgan fingerprint density at radius 1 is 1.10 bits per heavy atom. The van der Waals surface area contributed by atoms with Crippen LogP contribution in [0.3, 0.4) is 0 Å². The minimum atomic E-state index is -0.965. The Labute approximate surface area is 174 Å². The van der Waals surface area contributed by atoms with Gasteiger partial charge in [0.15, 0.2) is 6.10 Å². The van der Waals surface area contributed by atoms with Crippen LogP contribution in [-0.4, -0.2) is 60.5 Å². The number of carbonyl (C=O) groups is 2. The third kappa shape index (κ3) is 10.2. The van der Waals surface area contributed by atoms with Crippen LogP contribution in [0.25, 0.3) is 0 Å². The zero-order valence-corrected chi connectivity index (χ0v) is 18.3. The molecule has 29 heavy (non-hydrogen) atoms. The first-order chi connectivity index (χ1) is 13.7. The van der Waals surface area contributed by atoms with Crippen LogP contribution in [-0.2, 0) is 16.0 Å². The van der Waals surface area contributed by atoms with E-state index in [9.17, 15) is 14.7 Å². The normalized spacial score (nSPS) is 12.1. The zero-order valence-electron chi connectivity index (χ0n) is 18.3. The van der Waals surface area contributed by atoms with Gasteiger partial charge < -0.3 is 24.8 Å². The van der Waals surface area contributed by atoms with Crippen molar-refractivity contribution in [1.29, 1.82) is 0 Å². The second-order valence-electron chi connectivity index (χ2n) is 7.75. The van der Waals surface area contributed by atoms with Gasteiger partial charge in [0, 0.05) is 25.6 Å². The Balaban J connectivity index is 2.57. The summed E-state index contributed by atoms with van der Waals surface area (Å²) in [6, 6.07) is 7.32. The molecule has 0 aliphatic carbocycles. The topological polar surface area (TPSA) is 88.1 Å². The van der Waals surface area contributed by atoms with Gasteiger partial charge in [-0.05, 0) is 50.8 Å². The summed E-state index contributed by atoms with van der Waals surface area (Å²) in [5.41, 5.74) is 0.869. The minimum absolute atomic E-state index is 0.0739. The summed E-state index contributed by atoms with van der Waals surface area (Å²) in [6.07, 6.45) is 0.396. The molecule has 0 radical (unpaired) electrons. The van der Waals surface area contributed by atoms with Crippen molar-refractivity contribution in [2.45, 2.75) is 59.6 Å². The van der Waals surface area contributed by atoms with Crippen LogP contribution >= 0.6 is 0 Å². The van der Waals surface area contributed by atoms with E-state index in [1.165, 1.54) is 0 Å². The summed E-state index contributed by atoms with van der Waals surface area (Å²) >= 11 is 0. The van der Waals surface area contributed by atoms with E-state index < -0.39 is 12.1 Å². The summed E-state index contributed by atoms with van der Waals surface area (Å²) in [5, 5.41) is 12.1. The number of ether oxygens (including phenoxy) is 2. The Morgan fingerprint density at radius 2 is 1.76 bits per heavy atom. The highest BCUT2D eigenvalue weighted by Gasteiger charge is 2.18. The molecule has 0 fully saturated rings. The fourth-order valence-corrected chi connectivity index (χ4v) is 2.70. The Hall–Kier alpha value is -2.28. The number of nitrogens with zero attached hydrogens (tertiary/aromatic N) is 1. The van der Waals surface area contributed by atoms with Gasteiger partial charge in [-0.15, -0.1) is 0 Å². The molecule has 0 aliphatic heterocycles. The van der Waals surface area contributed by atoms with Crippen LogP contribution in [0.2, 0.25) is 0 Å². The molecular formula is C22H36N2O5. The third-order valence-electron chi connectivity index (χ3n) is 4.29. The second-order valence-corrected chi connectivity index (χ2v) is 7.75. The van der Waals surface area contributed by atoms with Gasteiger partial charge in [0.1, 0.15) is 12.4 Å². The highest BCUT2D eigenvalue weighted by atomic mass is 16.5. The SMILES string of the molecule is CCOC(Cc1ccc(OCCN(CCC(C)C)C(=O)NC(C)C)cc1)C(=O)O. The Bertz CT molecular complexity index is 616. The quantitative estimate of drug-likeness (QED) is 0.521. The summed E-state index contributed by atoms with van der Waals surface area (Å²) < 4.78 is 11.0. The molecule has 0 saturated carbocycles. The van der Waals surface area contributed by atoms with Crippen molar-refractivity contribution >= 4 is 12.0 Å². The standard InChI is InChI=1S/C22H36N2O5/c1-6-28-20(21(25)26)15-18-7-9-19(10-8-18)29-14-13-24(12-11-16(2)3)22(27)23-17(4)5/h7-10,16-17,20H,6,11-15H2,1-5H3,(H,23,27)(H,25,26). The largest absolute Gasteiger partial charge is 0.492 e. The first-order valence-electron chi connectivity index (χ1n) is 10.3. The van der Waals surface area contributed by atoms with Gasteiger partial charge in [0.05, 0.1) is 6.54 Å². The smallest absolute Gasteiger partial charge is 0.333 e. The summed E-state index contributed by atoms with van der Waals surface area (Å²) in [7, 11) is 0. The number of carboxylic acid groups (broad SMARTS) is 1. The Morgan fingerprint density at radius 3 is 2.28 bits per heavy atom. The maximum Gasteiger partial charge on any atom is 0.333 e. The highest BCUT2D eigenvalue weighted by Crippen LogP contribution is 2.15. The summed E-state index contributed by atoms with van der Waals surface area (Å²) in [5.74, 6) is 0.239. The van der Waals surface area contributed by atoms with E-state index in [-0.39, 0.29) is 12.1 Å². The minimum Gasteiger partial charge on any atom is -0.492 e. The fourth-order valence-electron chi connectivity index (χ4n) is 2.70. The second kappa shape index (κ2) is 13.0. The van der Waals surface area contributed by atoms with Crippen LogP contribution < -0.4 is 10.1 Å². The van der Waals surface area contributed by atoms with E-state index in [0.29, 0.717) is 44.4 Å². The number of amides is 2. The van der Waals surface area contributed by atoms with Gasteiger partial charge in [0.2, 0.25) is 0 Å². The molecule has 7 nitrogen and oxygen atoms in total. The van der Waals surface area contributed by atoms with Crippen LogP contribution in [0.5, 0.6) is 5.75 Å². The lowest BCUT2D eigenvalue weighted by atomic mass is 10.1. The summed E-state index contributed by atoms with van der Waals surface area (Å²) in [4.78, 5) is 25.3. The van der Waals surface area contributed by atoms with Gasteiger partial charge >= 0.3 is 12.0 Å². The maximum atomic E-state index is 12.4. The van der Waals surface area contributed by atoms with E-state index in [1.807, 2.05) is 38.1 Å². The van der Waals surface area contributed by atoms with Gasteiger partial charge in [-0.1, -0.05) is 26.0 Å². The molecule has 2 amide bonds. The Kier molecular flexibility index (Phi) is 11.1. The number of hydrogen-bond donors (Lipinski definition) is 2.